The van der Waals surface area contributed by atoms with Crippen LogP contribution in [0.15, 0.2) is 154 Å². The minimum atomic E-state index is -0.308. The van der Waals surface area contributed by atoms with Gasteiger partial charge in [-0.2, -0.15) is 0 Å². The van der Waals surface area contributed by atoms with E-state index in [1.165, 1.54) is 10.8 Å². The molecule has 4 heteroatoms. The van der Waals surface area contributed by atoms with Crippen molar-refractivity contribution < 1.29 is 4.42 Å². The third kappa shape index (κ3) is 4.00. The normalized spacial score (nSPS) is 15.1. The van der Waals surface area contributed by atoms with Gasteiger partial charge in [-0.3, -0.25) is 0 Å². The van der Waals surface area contributed by atoms with Crippen molar-refractivity contribution in [2.45, 2.75) is 6.17 Å². The van der Waals surface area contributed by atoms with Crippen LogP contribution in [0, 0.1) is 0 Å². The second-order valence-corrected chi connectivity index (χ2v) is 10.2. The van der Waals surface area contributed by atoms with Crippen molar-refractivity contribution in [1.82, 2.24) is 5.32 Å². The molecule has 1 N–H and O–H groups in total. The number of nitrogens with zero attached hydrogens (tertiary/aromatic N) is 2. The maximum absolute atomic E-state index is 6.53. The van der Waals surface area contributed by atoms with Crippen LogP contribution in [-0.2, 0) is 0 Å². The fourth-order valence-corrected chi connectivity index (χ4v) is 5.84. The standard InChI is InChI=1S/C37H25N3O/c1-3-12-25(13-4-1)28-19-10-21-30-33-31(22-11-23-32(33)41-34(28)30)37-39-35(26-15-5-2-6-16-26)38-36(40-37)29-20-9-17-24-14-7-8-18-27(24)29/h1-23,36H,(H,38,39,40). The largest absolute Gasteiger partial charge is 0.455 e. The molecule has 1 unspecified atom stereocenters. The third-order valence-corrected chi connectivity index (χ3v) is 7.76. The summed E-state index contributed by atoms with van der Waals surface area (Å²) in [6, 6.07) is 47.9. The second kappa shape index (κ2) is 9.61. The first-order valence-corrected chi connectivity index (χ1v) is 13.8. The number of para-hydroxylation sites is 1. The van der Waals surface area contributed by atoms with Crippen molar-refractivity contribution in [3.63, 3.8) is 0 Å². The lowest BCUT2D eigenvalue weighted by atomic mass is 9.99. The van der Waals surface area contributed by atoms with Crippen LogP contribution in [0.3, 0.4) is 0 Å². The van der Waals surface area contributed by atoms with Gasteiger partial charge in [-0.15, -0.1) is 0 Å². The first kappa shape index (κ1) is 23.4. The van der Waals surface area contributed by atoms with Gasteiger partial charge >= 0.3 is 0 Å². The number of furan rings is 1. The predicted molar refractivity (Wildman–Crippen MR) is 168 cm³/mol. The molecule has 1 aliphatic heterocycles. The zero-order valence-corrected chi connectivity index (χ0v) is 22.2. The molecule has 6 aromatic carbocycles. The van der Waals surface area contributed by atoms with Crippen molar-refractivity contribution >= 4 is 44.4 Å². The molecule has 0 saturated heterocycles. The summed E-state index contributed by atoms with van der Waals surface area (Å²) in [5.41, 5.74) is 6.96. The number of rotatable bonds is 4. The van der Waals surface area contributed by atoms with Crippen molar-refractivity contribution in [2.75, 3.05) is 0 Å². The SMILES string of the molecule is c1ccc(C2=NC(c3cccc4oc5c(-c6ccccc6)cccc5c34)=NC(c3cccc4ccccc34)N2)cc1. The Labute approximate surface area is 237 Å². The maximum Gasteiger partial charge on any atom is 0.160 e. The van der Waals surface area contributed by atoms with E-state index in [0.717, 1.165) is 55.6 Å². The fourth-order valence-electron chi connectivity index (χ4n) is 5.84. The molecule has 0 bridgehead atoms. The van der Waals surface area contributed by atoms with Crippen LogP contribution in [0.1, 0.15) is 22.9 Å². The minimum Gasteiger partial charge on any atom is -0.455 e. The monoisotopic (exact) mass is 527 g/mol. The Hall–Kier alpha value is -5.48. The van der Waals surface area contributed by atoms with E-state index in [1.807, 2.05) is 36.4 Å². The highest BCUT2D eigenvalue weighted by molar-refractivity contribution is 6.23. The Morgan fingerprint density at radius 1 is 0.561 bits per heavy atom. The lowest BCUT2D eigenvalue weighted by Gasteiger charge is -2.24. The van der Waals surface area contributed by atoms with Gasteiger partial charge in [0.2, 0.25) is 0 Å². The van der Waals surface area contributed by atoms with Gasteiger partial charge in [0.1, 0.15) is 23.2 Å². The Balaban J connectivity index is 1.36. The predicted octanol–water partition coefficient (Wildman–Crippen LogP) is 8.90. The molecule has 0 spiro atoms. The summed E-state index contributed by atoms with van der Waals surface area (Å²) in [5, 5.41) is 8.06. The van der Waals surface area contributed by atoms with Crippen LogP contribution in [0.5, 0.6) is 0 Å². The Morgan fingerprint density at radius 3 is 2.07 bits per heavy atom. The molecule has 1 aromatic heterocycles. The van der Waals surface area contributed by atoms with Crippen LogP contribution < -0.4 is 5.32 Å². The molecular weight excluding hydrogens is 502 g/mol. The van der Waals surface area contributed by atoms with Crippen LogP contribution in [-0.4, -0.2) is 11.7 Å². The maximum atomic E-state index is 6.53. The molecule has 1 atom stereocenters. The first-order valence-electron chi connectivity index (χ1n) is 13.8. The Kier molecular flexibility index (Phi) is 5.49. The molecule has 1 aliphatic rings. The van der Waals surface area contributed by atoms with Crippen LogP contribution in [0.25, 0.3) is 43.8 Å². The molecule has 0 amide bonds. The average molecular weight is 528 g/mol. The van der Waals surface area contributed by atoms with Gasteiger partial charge in [-0.1, -0.05) is 133 Å². The number of amidine groups is 2. The number of hydrogen-bond donors (Lipinski definition) is 1. The second-order valence-electron chi connectivity index (χ2n) is 10.2. The zero-order valence-electron chi connectivity index (χ0n) is 22.2. The molecule has 0 fully saturated rings. The summed E-state index contributed by atoms with van der Waals surface area (Å²) >= 11 is 0. The van der Waals surface area contributed by atoms with Crippen molar-refractivity contribution in [1.29, 1.82) is 0 Å². The van der Waals surface area contributed by atoms with E-state index in [9.17, 15) is 0 Å². The summed E-state index contributed by atoms with van der Waals surface area (Å²) in [4.78, 5) is 10.4. The third-order valence-electron chi connectivity index (χ3n) is 7.76. The van der Waals surface area contributed by atoms with Crippen LogP contribution >= 0.6 is 0 Å². The topological polar surface area (TPSA) is 49.9 Å². The lowest BCUT2D eigenvalue weighted by molar-refractivity contribution is 0.669. The Bertz CT molecular complexity index is 2120. The van der Waals surface area contributed by atoms with E-state index in [1.54, 1.807) is 0 Å². The zero-order chi connectivity index (χ0) is 27.2. The highest BCUT2D eigenvalue weighted by Gasteiger charge is 2.25. The lowest BCUT2D eigenvalue weighted by Crippen LogP contribution is -2.33. The van der Waals surface area contributed by atoms with E-state index in [4.69, 9.17) is 14.4 Å². The van der Waals surface area contributed by atoms with Gasteiger partial charge < -0.3 is 9.73 Å². The van der Waals surface area contributed by atoms with Gasteiger partial charge in [-0.05, 0) is 22.4 Å². The van der Waals surface area contributed by atoms with E-state index >= 15 is 0 Å². The fraction of sp³-hybridized carbons (Fsp3) is 0.0270. The molecule has 4 nitrogen and oxygen atoms in total. The Morgan fingerprint density at radius 2 is 1.22 bits per heavy atom. The van der Waals surface area contributed by atoms with E-state index in [0.29, 0.717) is 5.84 Å². The summed E-state index contributed by atoms with van der Waals surface area (Å²) in [6.07, 6.45) is -0.308. The molecule has 2 heterocycles. The quantitative estimate of drug-likeness (QED) is 0.248. The van der Waals surface area contributed by atoms with Crippen molar-refractivity contribution in [3.05, 3.63) is 156 Å². The molecule has 0 radical (unpaired) electrons. The molecule has 7 aromatic rings. The van der Waals surface area contributed by atoms with E-state index in [2.05, 4.69) is 108 Å². The molecule has 8 rings (SSSR count). The first-order chi connectivity index (χ1) is 20.3. The number of benzene rings is 6. The highest BCUT2D eigenvalue weighted by atomic mass is 16.3. The number of fused-ring (bicyclic) bond motifs is 4. The summed E-state index contributed by atoms with van der Waals surface area (Å²) in [6.45, 7) is 0. The molecule has 0 saturated carbocycles. The summed E-state index contributed by atoms with van der Waals surface area (Å²) in [7, 11) is 0. The average Bonchev–Trinajstić information content (AvgIpc) is 3.44. The number of hydrogen-bond acceptors (Lipinski definition) is 4. The summed E-state index contributed by atoms with van der Waals surface area (Å²) < 4.78 is 6.53. The van der Waals surface area contributed by atoms with E-state index < -0.39 is 0 Å². The van der Waals surface area contributed by atoms with Gasteiger partial charge in [0.25, 0.3) is 0 Å². The van der Waals surface area contributed by atoms with Crippen LogP contribution in [0.2, 0.25) is 0 Å². The number of nitrogens with one attached hydrogen (secondary N) is 1. The minimum absolute atomic E-state index is 0.308. The highest BCUT2D eigenvalue weighted by Crippen LogP contribution is 2.38. The molecular formula is C37H25N3O. The molecule has 0 aliphatic carbocycles. The van der Waals surface area contributed by atoms with Gasteiger partial charge in [0.15, 0.2) is 5.84 Å². The van der Waals surface area contributed by atoms with Crippen LogP contribution in [0.4, 0.5) is 0 Å². The van der Waals surface area contributed by atoms with Crippen molar-refractivity contribution in [2.24, 2.45) is 9.98 Å². The van der Waals surface area contributed by atoms with E-state index in [-0.39, 0.29) is 6.17 Å². The molecule has 194 valence electrons. The van der Waals surface area contributed by atoms with Gasteiger partial charge in [0.05, 0.1) is 0 Å². The van der Waals surface area contributed by atoms with Crippen molar-refractivity contribution in [3.8, 4) is 11.1 Å². The van der Waals surface area contributed by atoms with Gasteiger partial charge in [-0.25, -0.2) is 9.98 Å². The molecule has 41 heavy (non-hydrogen) atoms. The number of aliphatic imine (C=N–C) groups is 2. The van der Waals surface area contributed by atoms with Gasteiger partial charge in [0, 0.05) is 33.0 Å². The summed E-state index contributed by atoms with van der Waals surface area (Å²) in [5.74, 6) is 1.47. The smallest absolute Gasteiger partial charge is 0.160 e.